The van der Waals surface area contributed by atoms with Crippen molar-refractivity contribution in [3.8, 4) is 0 Å². The van der Waals surface area contributed by atoms with Crippen molar-refractivity contribution in [3.05, 3.63) is 94.0 Å². The van der Waals surface area contributed by atoms with E-state index >= 15 is 0 Å². The molecule has 1 heterocycles. The van der Waals surface area contributed by atoms with Crippen LogP contribution in [0.1, 0.15) is 38.2 Å². The normalized spacial score (nSPS) is 14.4. The van der Waals surface area contributed by atoms with Gasteiger partial charge in [0, 0.05) is 37.4 Å². The highest BCUT2D eigenvalue weighted by atomic mass is 32.2. The van der Waals surface area contributed by atoms with Gasteiger partial charge in [0.05, 0.1) is 18.1 Å². The summed E-state index contributed by atoms with van der Waals surface area (Å²) in [5, 5.41) is 2.92. The minimum Gasteiger partial charge on any atom is -0.379 e. The number of hydrogen-bond acceptors (Lipinski definition) is 5. The molecule has 0 bridgehead atoms. The van der Waals surface area contributed by atoms with Gasteiger partial charge in [0.25, 0.3) is 15.9 Å². The first kappa shape index (κ1) is 25.9. The van der Waals surface area contributed by atoms with Crippen molar-refractivity contribution < 1.29 is 17.9 Å². The van der Waals surface area contributed by atoms with Crippen molar-refractivity contribution in [2.24, 2.45) is 0 Å². The van der Waals surface area contributed by atoms with Crippen LogP contribution in [0.25, 0.3) is 0 Å². The monoisotopic (exact) mass is 507 g/mol. The number of nitrogens with one attached hydrogen (secondary N) is 2. The zero-order valence-corrected chi connectivity index (χ0v) is 21.8. The average Bonchev–Trinajstić information content (AvgIpc) is 2.86. The number of rotatable bonds is 8. The highest BCUT2D eigenvalue weighted by molar-refractivity contribution is 7.92. The van der Waals surface area contributed by atoms with Crippen LogP contribution in [0, 0.1) is 20.8 Å². The number of morpholine rings is 1. The molecule has 0 saturated carbocycles. The fourth-order valence-electron chi connectivity index (χ4n) is 4.19. The van der Waals surface area contributed by atoms with Crippen LogP contribution in [-0.2, 0) is 27.8 Å². The molecule has 190 valence electrons. The standard InChI is InChI=1S/C28H33N3O4S/c1-20-8-10-26(15-22(20)3)30-36(33,34)27-17-25(9-7-21(27)2)28(32)29-18-23-5-4-6-24(16-23)19-31-11-13-35-14-12-31/h4-10,15-17,30H,11-14,18-19H2,1-3H3,(H,29,32). The molecule has 1 fully saturated rings. The summed E-state index contributed by atoms with van der Waals surface area (Å²) in [6.45, 7) is 10.2. The molecule has 3 aromatic carbocycles. The number of aryl methyl sites for hydroxylation is 3. The maximum atomic E-state index is 13.1. The first-order valence-electron chi connectivity index (χ1n) is 12.1. The number of nitrogens with zero attached hydrogens (tertiary/aromatic N) is 1. The van der Waals surface area contributed by atoms with Gasteiger partial charge in [-0.15, -0.1) is 0 Å². The summed E-state index contributed by atoms with van der Waals surface area (Å²) in [6.07, 6.45) is 0. The van der Waals surface area contributed by atoms with Crippen LogP contribution in [0.3, 0.4) is 0 Å². The molecule has 0 spiro atoms. The van der Waals surface area contributed by atoms with Crippen LogP contribution < -0.4 is 10.0 Å². The van der Waals surface area contributed by atoms with Gasteiger partial charge >= 0.3 is 0 Å². The van der Waals surface area contributed by atoms with E-state index in [1.165, 1.54) is 11.6 Å². The lowest BCUT2D eigenvalue weighted by atomic mass is 10.1. The Hall–Kier alpha value is -3.20. The topological polar surface area (TPSA) is 87.7 Å². The van der Waals surface area contributed by atoms with Crippen LogP contribution in [0.2, 0.25) is 0 Å². The molecule has 2 N–H and O–H groups in total. The van der Waals surface area contributed by atoms with Crippen molar-refractivity contribution in [2.45, 2.75) is 38.8 Å². The summed E-state index contributed by atoms with van der Waals surface area (Å²) in [6, 6.07) is 18.3. The summed E-state index contributed by atoms with van der Waals surface area (Å²) in [4.78, 5) is 15.3. The summed E-state index contributed by atoms with van der Waals surface area (Å²) >= 11 is 0. The van der Waals surface area contributed by atoms with Crippen molar-refractivity contribution in [3.63, 3.8) is 0 Å². The third kappa shape index (κ3) is 6.51. The summed E-state index contributed by atoms with van der Waals surface area (Å²) < 4.78 is 34.3. The Bertz CT molecular complexity index is 1350. The van der Waals surface area contributed by atoms with E-state index in [-0.39, 0.29) is 10.8 Å². The van der Waals surface area contributed by atoms with Gasteiger partial charge in [-0.25, -0.2) is 8.42 Å². The van der Waals surface area contributed by atoms with Gasteiger partial charge in [-0.1, -0.05) is 36.4 Å². The lowest BCUT2D eigenvalue weighted by Crippen LogP contribution is -2.35. The van der Waals surface area contributed by atoms with Gasteiger partial charge in [0.15, 0.2) is 0 Å². The number of sulfonamides is 1. The molecular weight excluding hydrogens is 474 g/mol. The van der Waals surface area contributed by atoms with Gasteiger partial charge in [-0.3, -0.25) is 14.4 Å². The number of benzene rings is 3. The predicted octanol–water partition coefficient (Wildman–Crippen LogP) is 4.17. The Morgan fingerprint density at radius 3 is 2.36 bits per heavy atom. The molecule has 0 atom stereocenters. The van der Waals surface area contributed by atoms with Gasteiger partial charge in [0.2, 0.25) is 0 Å². The molecular formula is C28H33N3O4S. The van der Waals surface area contributed by atoms with Crippen molar-refractivity contribution in [2.75, 3.05) is 31.0 Å². The molecule has 1 amide bonds. The second-order valence-electron chi connectivity index (χ2n) is 9.28. The van der Waals surface area contributed by atoms with Crippen LogP contribution in [0.15, 0.2) is 65.6 Å². The van der Waals surface area contributed by atoms with E-state index in [0.29, 0.717) is 23.4 Å². The number of carbonyl (C=O) groups is 1. The fraction of sp³-hybridized carbons (Fsp3) is 0.321. The minimum atomic E-state index is -3.86. The minimum absolute atomic E-state index is 0.0842. The van der Waals surface area contributed by atoms with E-state index in [9.17, 15) is 13.2 Å². The molecule has 0 unspecified atom stereocenters. The Morgan fingerprint density at radius 1 is 0.889 bits per heavy atom. The molecule has 1 saturated heterocycles. The van der Waals surface area contributed by atoms with E-state index in [2.05, 4.69) is 27.1 Å². The summed E-state index contributed by atoms with van der Waals surface area (Å²) in [7, 11) is -3.86. The molecule has 7 nitrogen and oxygen atoms in total. The SMILES string of the molecule is Cc1ccc(NS(=O)(=O)c2cc(C(=O)NCc3cccc(CN4CCOCC4)c3)ccc2C)cc1C. The largest absolute Gasteiger partial charge is 0.379 e. The van der Waals surface area contributed by atoms with Gasteiger partial charge in [-0.05, 0) is 72.9 Å². The Labute approximate surface area is 213 Å². The predicted molar refractivity (Wildman–Crippen MR) is 142 cm³/mol. The molecule has 3 aromatic rings. The van der Waals surface area contributed by atoms with Crippen LogP contribution in [-0.4, -0.2) is 45.5 Å². The second-order valence-corrected chi connectivity index (χ2v) is 10.9. The molecule has 36 heavy (non-hydrogen) atoms. The molecule has 0 radical (unpaired) electrons. The maximum Gasteiger partial charge on any atom is 0.262 e. The van der Waals surface area contributed by atoms with Crippen LogP contribution in [0.4, 0.5) is 5.69 Å². The molecule has 1 aliphatic rings. The number of anilines is 1. The van der Waals surface area contributed by atoms with Crippen molar-refractivity contribution in [1.82, 2.24) is 10.2 Å². The number of carbonyl (C=O) groups excluding carboxylic acids is 1. The molecule has 1 aliphatic heterocycles. The van der Waals surface area contributed by atoms with E-state index < -0.39 is 10.0 Å². The highest BCUT2D eigenvalue weighted by Gasteiger charge is 2.20. The smallest absolute Gasteiger partial charge is 0.262 e. The Balaban J connectivity index is 1.43. The lowest BCUT2D eigenvalue weighted by molar-refractivity contribution is 0.0342. The molecule has 8 heteroatoms. The molecule has 0 aromatic heterocycles. The Morgan fingerprint density at radius 2 is 1.61 bits per heavy atom. The van der Waals surface area contributed by atoms with Crippen LogP contribution in [0.5, 0.6) is 0 Å². The quantitative estimate of drug-likeness (QED) is 0.478. The highest BCUT2D eigenvalue weighted by Crippen LogP contribution is 2.22. The number of hydrogen-bond donors (Lipinski definition) is 2. The summed E-state index contributed by atoms with van der Waals surface area (Å²) in [5.41, 5.74) is 5.61. The molecule has 0 aliphatic carbocycles. The zero-order chi connectivity index (χ0) is 25.7. The first-order chi connectivity index (χ1) is 17.2. The first-order valence-corrected chi connectivity index (χ1v) is 13.6. The van der Waals surface area contributed by atoms with Gasteiger partial charge in [0.1, 0.15) is 0 Å². The molecule has 4 rings (SSSR count). The van der Waals surface area contributed by atoms with Crippen LogP contribution >= 0.6 is 0 Å². The van der Waals surface area contributed by atoms with E-state index in [0.717, 1.165) is 49.5 Å². The summed E-state index contributed by atoms with van der Waals surface area (Å²) in [5.74, 6) is -0.323. The number of amides is 1. The van der Waals surface area contributed by atoms with Gasteiger partial charge < -0.3 is 10.1 Å². The third-order valence-electron chi connectivity index (χ3n) is 6.45. The number of ether oxygens (including phenoxy) is 1. The maximum absolute atomic E-state index is 13.1. The average molecular weight is 508 g/mol. The Kier molecular flexibility index (Phi) is 8.08. The second kappa shape index (κ2) is 11.2. The van der Waals surface area contributed by atoms with E-state index in [1.807, 2.05) is 32.0 Å². The van der Waals surface area contributed by atoms with Crippen molar-refractivity contribution in [1.29, 1.82) is 0 Å². The fourth-order valence-corrected chi connectivity index (χ4v) is 5.51. The van der Waals surface area contributed by atoms with Gasteiger partial charge in [-0.2, -0.15) is 0 Å². The van der Waals surface area contributed by atoms with Crippen molar-refractivity contribution >= 4 is 21.6 Å². The third-order valence-corrected chi connectivity index (χ3v) is 7.98. The van der Waals surface area contributed by atoms with E-state index in [4.69, 9.17) is 4.74 Å². The van der Waals surface area contributed by atoms with E-state index in [1.54, 1.807) is 31.2 Å². The zero-order valence-electron chi connectivity index (χ0n) is 21.0. The lowest BCUT2D eigenvalue weighted by Gasteiger charge is -2.26.